The molecule has 7 heteroatoms. The molecule has 0 spiro atoms. The maximum absolute atomic E-state index is 10.5. The average Bonchev–Trinajstić information content (AvgIpc) is 3.19. The number of nitrogens with zero attached hydrogens (tertiary/aromatic N) is 1. The van der Waals surface area contributed by atoms with Crippen molar-refractivity contribution in [1.29, 1.82) is 0 Å². The van der Waals surface area contributed by atoms with Crippen molar-refractivity contribution in [2.75, 3.05) is 40.0 Å². The van der Waals surface area contributed by atoms with Crippen LogP contribution in [-0.2, 0) is 4.74 Å². The number of hydrogen-bond acceptors (Lipinski definition) is 4. The standard InChI is InChI=1S/C22H37N3O3.HI/c1-4-23-21(24-16-20(26)18-8-10-19(27-3)11-9-18)25-17-22(12-6-7-13-22)14-15-28-5-2;/h8-11,20,26H,4-7,12-17H2,1-3H3,(H2,23,24,25);1H. The molecule has 166 valence electrons. The number of guanidine groups is 1. The third-order valence-corrected chi connectivity index (χ3v) is 5.53. The number of hydrogen-bond donors (Lipinski definition) is 3. The van der Waals surface area contributed by atoms with Gasteiger partial charge in [-0.05, 0) is 56.2 Å². The number of aliphatic imine (C=N–C) groups is 1. The van der Waals surface area contributed by atoms with Crippen LogP contribution in [0.4, 0.5) is 0 Å². The van der Waals surface area contributed by atoms with E-state index in [-0.39, 0.29) is 29.4 Å². The average molecular weight is 519 g/mol. The van der Waals surface area contributed by atoms with E-state index in [1.54, 1.807) is 7.11 Å². The van der Waals surface area contributed by atoms with Crippen LogP contribution >= 0.6 is 24.0 Å². The Balaban J connectivity index is 0.00000420. The first-order valence-corrected chi connectivity index (χ1v) is 10.5. The lowest BCUT2D eigenvalue weighted by atomic mass is 9.83. The Morgan fingerprint density at radius 2 is 1.86 bits per heavy atom. The molecule has 1 aliphatic carbocycles. The lowest BCUT2D eigenvalue weighted by Gasteiger charge is -2.27. The van der Waals surface area contributed by atoms with E-state index in [2.05, 4.69) is 17.6 Å². The monoisotopic (exact) mass is 519 g/mol. The number of rotatable bonds is 11. The highest BCUT2D eigenvalue weighted by molar-refractivity contribution is 14.0. The first-order valence-electron chi connectivity index (χ1n) is 10.5. The number of halogens is 1. The molecule has 1 aromatic rings. The molecule has 0 aromatic heterocycles. The van der Waals surface area contributed by atoms with Crippen molar-refractivity contribution >= 4 is 29.9 Å². The minimum absolute atomic E-state index is 0. The molecule has 0 radical (unpaired) electrons. The van der Waals surface area contributed by atoms with Gasteiger partial charge in [-0.2, -0.15) is 0 Å². The minimum atomic E-state index is -0.604. The second-order valence-electron chi connectivity index (χ2n) is 7.52. The maximum Gasteiger partial charge on any atom is 0.191 e. The quantitative estimate of drug-likeness (QED) is 0.179. The van der Waals surface area contributed by atoms with Gasteiger partial charge in [0.15, 0.2) is 5.96 Å². The Hall–Kier alpha value is -1.06. The van der Waals surface area contributed by atoms with Crippen molar-refractivity contribution in [2.45, 2.75) is 52.1 Å². The van der Waals surface area contributed by atoms with Gasteiger partial charge < -0.3 is 25.2 Å². The van der Waals surface area contributed by atoms with E-state index in [1.807, 2.05) is 31.2 Å². The number of aliphatic hydroxyl groups excluding tert-OH is 1. The summed E-state index contributed by atoms with van der Waals surface area (Å²) in [7, 11) is 1.64. The SMILES string of the molecule is CCNC(=NCC1(CCOCC)CCCC1)NCC(O)c1ccc(OC)cc1.I. The van der Waals surface area contributed by atoms with Crippen molar-refractivity contribution in [3.63, 3.8) is 0 Å². The molecule has 0 aliphatic heterocycles. The second kappa shape index (κ2) is 14.0. The molecule has 2 rings (SSSR count). The van der Waals surface area contributed by atoms with Crippen LogP contribution in [-0.4, -0.2) is 51.0 Å². The van der Waals surface area contributed by atoms with E-state index in [4.69, 9.17) is 14.5 Å². The van der Waals surface area contributed by atoms with Gasteiger partial charge in [-0.15, -0.1) is 24.0 Å². The van der Waals surface area contributed by atoms with Gasteiger partial charge in [0.05, 0.1) is 13.2 Å². The van der Waals surface area contributed by atoms with Crippen LogP contribution in [0.3, 0.4) is 0 Å². The van der Waals surface area contributed by atoms with Crippen molar-refractivity contribution in [3.8, 4) is 5.75 Å². The molecule has 0 heterocycles. The normalized spacial score (nSPS) is 16.8. The van der Waals surface area contributed by atoms with Crippen LogP contribution < -0.4 is 15.4 Å². The predicted molar refractivity (Wildman–Crippen MR) is 129 cm³/mol. The summed E-state index contributed by atoms with van der Waals surface area (Å²) in [4.78, 5) is 4.85. The third-order valence-electron chi connectivity index (χ3n) is 5.53. The van der Waals surface area contributed by atoms with E-state index in [9.17, 15) is 5.11 Å². The fraction of sp³-hybridized carbons (Fsp3) is 0.682. The third kappa shape index (κ3) is 8.68. The van der Waals surface area contributed by atoms with Crippen molar-refractivity contribution in [1.82, 2.24) is 10.6 Å². The number of nitrogens with one attached hydrogen (secondary N) is 2. The summed E-state index contributed by atoms with van der Waals surface area (Å²) < 4.78 is 10.8. The number of methoxy groups -OCH3 is 1. The molecule has 1 atom stereocenters. The Morgan fingerprint density at radius 3 is 2.45 bits per heavy atom. The fourth-order valence-electron chi connectivity index (χ4n) is 3.77. The van der Waals surface area contributed by atoms with Crippen LogP contribution in [0.15, 0.2) is 29.3 Å². The van der Waals surface area contributed by atoms with Crippen LogP contribution in [0.2, 0.25) is 0 Å². The number of aliphatic hydroxyl groups is 1. The summed E-state index contributed by atoms with van der Waals surface area (Å²) in [5.74, 6) is 1.55. The maximum atomic E-state index is 10.5. The lowest BCUT2D eigenvalue weighted by Crippen LogP contribution is -2.40. The second-order valence-corrected chi connectivity index (χ2v) is 7.52. The summed E-state index contributed by atoms with van der Waals surface area (Å²) in [6, 6.07) is 7.49. The van der Waals surface area contributed by atoms with E-state index >= 15 is 0 Å². The van der Waals surface area contributed by atoms with Crippen molar-refractivity contribution in [3.05, 3.63) is 29.8 Å². The lowest BCUT2D eigenvalue weighted by molar-refractivity contribution is 0.107. The van der Waals surface area contributed by atoms with Crippen molar-refractivity contribution < 1.29 is 14.6 Å². The van der Waals surface area contributed by atoms with E-state index in [1.165, 1.54) is 25.7 Å². The van der Waals surface area contributed by atoms with Crippen LogP contribution in [0.1, 0.15) is 57.6 Å². The van der Waals surface area contributed by atoms with Gasteiger partial charge in [-0.25, -0.2) is 0 Å². The first kappa shape index (κ1) is 26.0. The molecule has 29 heavy (non-hydrogen) atoms. The molecule has 3 N–H and O–H groups in total. The van der Waals surface area contributed by atoms with Gasteiger partial charge in [0.25, 0.3) is 0 Å². The molecular weight excluding hydrogens is 481 g/mol. The van der Waals surface area contributed by atoms with Crippen LogP contribution in [0.5, 0.6) is 5.75 Å². The molecule has 1 aliphatic rings. The summed E-state index contributed by atoms with van der Waals surface area (Å²) in [6.45, 7) is 7.67. The number of ether oxygens (including phenoxy) is 2. The minimum Gasteiger partial charge on any atom is -0.497 e. The van der Waals surface area contributed by atoms with E-state index < -0.39 is 6.10 Å². The highest BCUT2D eigenvalue weighted by atomic mass is 127. The Kier molecular flexibility index (Phi) is 12.6. The molecule has 0 amide bonds. The summed E-state index contributed by atoms with van der Waals surface area (Å²) in [5, 5.41) is 17.0. The van der Waals surface area contributed by atoms with Crippen LogP contribution in [0.25, 0.3) is 0 Å². The Bertz CT molecular complexity index is 589. The zero-order chi connectivity index (χ0) is 20.2. The molecule has 1 unspecified atom stereocenters. The predicted octanol–water partition coefficient (Wildman–Crippen LogP) is 3.89. The van der Waals surface area contributed by atoms with Crippen LogP contribution in [0, 0.1) is 5.41 Å². The van der Waals surface area contributed by atoms with E-state index in [0.29, 0.717) is 6.54 Å². The molecule has 1 fully saturated rings. The highest BCUT2D eigenvalue weighted by Gasteiger charge is 2.33. The number of benzene rings is 1. The fourth-order valence-corrected chi connectivity index (χ4v) is 3.77. The smallest absolute Gasteiger partial charge is 0.191 e. The zero-order valence-electron chi connectivity index (χ0n) is 18.1. The largest absolute Gasteiger partial charge is 0.497 e. The van der Waals surface area contributed by atoms with Gasteiger partial charge in [0.1, 0.15) is 5.75 Å². The topological polar surface area (TPSA) is 75.1 Å². The van der Waals surface area contributed by atoms with Gasteiger partial charge in [-0.3, -0.25) is 4.99 Å². The van der Waals surface area contributed by atoms with Gasteiger partial charge in [0, 0.05) is 32.8 Å². The molecular formula is C22H38IN3O3. The van der Waals surface area contributed by atoms with Crippen molar-refractivity contribution in [2.24, 2.45) is 10.4 Å². The Labute approximate surface area is 192 Å². The van der Waals surface area contributed by atoms with Gasteiger partial charge in [-0.1, -0.05) is 25.0 Å². The molecule has 1 aromatic carbocycles. The summed E-state index contributed by atoms with van der Waals surface area (Å²) in [5.41, 5.74) is 1.11. The molecule has 6 nitrogen and oxygen atoms in total. The molecule has 0 bridgehead atoms. The van der Waals surface area contributed by atoms with Gasteiger partial charge in [0.2, 0.25) is 0 Å². The Morgan fingerprint density at radius 1 is 1.17 bits per heavy atom. The van der Waals surface area contributed by atoms with E-state index in [0.717, 1.165) is 50.0 Å². The first-order chi connectivity index (χ1) is 13.6. The molecule has 1 saturated carbocycles. The zero-order valence-corrected chi connectivity index (χ0v) is 20.4. The highest BCUT2D eigenvalue weighted by Crippen LogP contribution is 2.41. The summed E-state index contributed by atoms with van der Waals surface area (Å²) in [6.07, 6.45) is 5.46. The van der Waals surface area contributed by atoms with Gasteiger partial charge >= 0.3 is 0 Å². The molecule has 0 saturated heterocycles. The summed E-state index contributed by atoms with van der Waals surface area (Å²) >= 11 is 0.